The van der Waals surface area contributed by atoms with E-state index in [4.69, 9.17) is 4.74 Å². The van der Waals surface area contributed by atoms with E-state index in [1.165, 1.54) is 30.6 Å². The maximum absolute atomic E-state index is 12.8. The molecule has 0 saturated carbocycles. The number of alkyl halides is 6. The van der Waals surface area contributed by atoms with Crippen molar-refractivity contribution in [2.24, 2.45) is 0 Å². The minimum absolute atomic E-state index is 0.0458. The highest BCUT2D eigenvalue weighted by Gasteiger charge is 2.31. The molecular weight excluding hydrogens is 556 g/mol. The summed E-state index contributed by atoms with van der Waals surface area (Å²) < 4.78 is 82.4. The zero-order valence-electron chi connectivity index (χ0n) is 21.3. The lowest BCUT2D eigenvalue weighted by Gasteiger charge is -2.37. The third-order valence-electron chi connectivity index (χ3n) is 6.96. The van der Waals surface area contributed by atoms with Gasteiger partial charge in [-0.25, -0.2) is 9.97 Å². The number of aromatic nitrogens is 2. The topological polar surface area (TPSA) is 44.7 Å². The van der Waals surface area contributed by atoms with Gasteiger partial charge in [0.2, 0.25) is 5.88 Å². The first-order valence-electron chi connectivity index (χ1n) is 12.8. The van der Waals surface area contributed by atoms with E-state index in [0.29, 0.717) is 45.1 Å². The van der Waals surface area contributed by atoms with E-state index >= 15 is 0 Å². The second kappa shape index (κ2) is 11.6. The van der Waals surface area contributed by atoms with Gasteiger partial charge in [0.15, 0.2) is 0 Å². The van der Waals surface area contributed by atoms with Gasteiger partial charge in [-0.15, -0.1) is 0 Å². The Bertz CT molecular complexity index is 1260. The first-order chi connectivity index (χ1) is 19.0. The number of hydrogen-bond donors (Lipinski definition) is 0. The number of piperazine rings is 1. The van der Waals surface area contributed by atoms with Crippen molar-refractivity contribution >= 4 is 29.0 Å². The lowest BCUT2D eigenvalue weighted by atomic mass is 10.1. The summed E-state index contributed by atoms with van der Waals surface area (Å²) in [5, 5.41) is 0. The Labute approximate surface area is 231 Å². The van der Waals surface area contributed by atoms with Gasteiger partial charge in [-0.3, -0.25) is 0 Å². The second-order valence-corrected chi connectivity index (χ2v) is 10.7. The van der Waals surface area contributed by atoms with Crippen LogP contribution in [0.5, 0.6) is 5.88 Å². The third kappa shape index (κ3) is 7.23. The van der Waals surface area contributed by atoms with Crippen molar-refractivity contribution in [2.45, 2.75) is 35.5 Å². The van der Waals surface area contributed by atoms with Gasteiger partial charge in [0.05, 0.1) is 5.56 Å². The van der Waals surface area contributed by atoms with Crippen LogP contribution in [0.25, 0.3) is 0 Å². The number of ether oxygens (including phenoxy) is 1. The summed E-state index contributed by atoms with van der Waals surface area (Å²) in [6.07, 6.45) is -1.46. The number of piperidine rings is 1. The summed E-state index contributed by atoms with van der Waals surface area (Å²) in [6.45, 7) is 3.99. The molecule has 0 aliphatic carbocycles. The fraction of sp³-hybridized carbons (Fsp3) is 0.407. The Morgan fingerprint density at radius 3 is 1.82 bits per heavy atom. The molecule has 3 heterocycles. The van der Waals surface area contributed by atoms with Crippen molar-refractivity contribution in [3.05, 3.63) is 66.5 Å². The van der Waals surface area contributed by atoms with Crippen LogP contribution >= 0.6 is 11.8 Å². The average Bonchev–Trinajstić information content (AvgIpc) is 2.93. The van der Waals surface area contributed by atoms with Gasteiger partial charge >= 0.3 is 11.7 Å². The number of anilines is 3. The van der Waals surface area contributed by atoms with Gasteiger partial charge in [-0.1, -0.05) is 0 Å². The van der Waals surface area contributed by atoms with Gasteiger partial charge in [0, 0.05) is 74.4 Å². The highest BCUT2D eigenvalue weighted by Crippen LogP contribution is 2.37. The molecule has 1 aromatic heterocycles. The highest BCUT2D eigenvalue weighted by atomic mass is 32.2. The lowest BCUT2D eigenvalue weighted by Crippen LogP contribution is -2.46. The number of thioether (sulfide) groups is 1. The molecule has 6 nitrogen and oxygen atoms in total. The maximum atomic E-state index is 12.8. The molecule has 40 heavy (non-hydrogen) atoms. The Kier molecular flexibility index (Phi) is 8.20. The molecule has 2 aliphatic rings. The van der Waals surface area contributed by atoms with Gasteiger partial charge < -0.3 is 19.4 Å². The van der Waals surface area contributed by atoms with Gasteiger partial charge in [-0.05, 0) is 60.3 Å². The zero-order valence-corrected chi connectivity index (χ0v) is 22.1. The Balaban J connectivity index is 1.11. The highest BCUT2D eigenvalue weighted by molar-refractivity contribution is 8.00. The molecule has 0 amide bonds. The standard InChI is InChI=1S/C27H27F6N5OS/c28-26(29,30)19-1-3-20(4-2-19)37-13-15-38(16-14-37)24-17-25(35-18-34-24)39-22-9-11-36(12-10-22)21-5-7-23(8-6-21)40-27(31,32)33/h1-8,17-18,22H,9-16H2. The molecule has 214 valence electrons. The van der Waals surface area contributed by atoms with Crippen molar-refractivity contribution < 1.29 is 31.1 Å². The largest absolute Gasteiger partial charge is 0.474 e. The van der Waals surface area contributed by atoms with Crippen molar-refractivity contribution in [3.8, 4) is 5.88 Å². The molecule has 0 spiro atoms. The van der Waals surface area contributed by atoms with E-state index in [0.717, 1.165) is 42.2 Å². The number of rotatable bonds is 6. The first kappa shape index (κ1) is 28.2. The normalized spacial score (nSPS) is 17.3. The Hall–Kier alpha value is -3.35. The summed E-state index contributed by atoms with van der Waals surface area (Å²) in [7, 11) is 0. The summed E-state index contributed by atoms with van der Waals surface area (Å²) >= 11 is -0.121. The third-order valence-corrected chi connectivity index (χ3v) is 7.70. The fourth-order valence-electron chi connectivity index (χ4n) is 4.88. The average molecular weight is 584 g/mol. The fourth-order valence-corrected chi connectivity index (χ4v) is 5.42. The molecule has 0 N–H and O–H groups in total. The molecule has 0 bridgehead atoms. The molecule has 13 heteroatoms. The van der Waals surface area contributed by atoms with E-state index in [1.807, 2.05) is 4.90 Å². The SMILES string of the molecule is FC(F)(F)Sc1ccc(N2CCC(Oc3cc(N4CCN(c5ccc(C(F)(F)F)cc5)CC4)ncn3)CC2)cc1. The van der Waals surface area contributed by atoms with E-state index in [2.05, 4.69) is 19.8 Å². The van der Waals surface area contributed by atoms with Crippen molar-refractivity contribution in [3.63, 3.8) is 0 Å². The zero-order chi connectivity index (χ0) is 28.3. The van der Waals surface area contributed by atoms with Gasteiger partial charge in [0.25, 0.3) is 0 Å². The number of hydrogen-bond acceptors (Lipinski definition) is 7. The van der Waals surface area contributed by atoms with E-state index in [-0.39, 0.29) is 22.8 Å². The van der Waals surface area contributed by atoms with E-state index in [1.54, 1.807) is 18.2 Å². The summed E-state index contributed by atoms with van der Waals surface area (Å²) in [6, 6.07) is 13.4. The van der Waals surface area contributed by atoms with Crippen LogP contribution in [0.3, 0.4) is 0 Å². The van der Waals surface area contributed by atoms with Crippen LogP contribution in [0.1, 0.15) is 18.4 Å². The summed E-state index contributed by atoms with van der Waals surface area (Å²) in [5.74, 6) is 1.20. The number of benzene rings is 2. The molecule has 0 radical (unpaired) electrons. The number of nitrogens with zero attached hydrogens (tertiary/aromatic N) is 5. The van der Waals surface area contributed by atoms with Crippen molar-refractivity contribution in [1.82, 2.24) is 9.97 Å². The molecular formula is C27H27F6N5OS. The smallest absolute Gasteiger partial charge is 0.446 e. The van der Waals surface area contributed by atoms with Crippen LogP contribution < -0.4 is 19.4 Å². The number of halogens is 6. The van der Waals surface area contributed by atoms with Crippen LogP contribution in [0.2, 0.25) is 0 Å². The summed E-state index contributed by atoms with van der Waals surface area (Å²) in [5.41, 5.74) is -3.33. The predicted octanol–water partition coefficient (Wildman–Crippen LogP) is 6.48. The minimum Gasteiger partial charge on any atom is -0.474 e. The minimum atomic E-state index is -4.35. The Morgan fingerprint density at radius 1 is 0.700 bits per heavy atom. The molecule has 0 unspecified atom stereocenters. The Morgan fingerprint density at radius 2 is 1.25 bits per heavy atom. The van der Waals surface area contributed by atoms with Crippen LogP contribution in [-0.2, 0) is 6.18 Å². The van der Waals surface area contributed by atoms with Crippen LogP contribution in [-0.4, -0.2) is 60.8 Å². The molecule has 2 saturated heterocycles. The first-order valence-corrected chi connectivity index (χ1v) is 13.6. The van der Waals surface area contributed by atoms with Crippen LogP contribution in [0.15, 0.2) is 65.8 Å². The molecule has 5 rings (SSSR count). The van der Waals surface area contributed by atoms with Crippen molar-refractivity contribution in [2.75, 3.05) is 54.0 Å². The monoisotopic (exact) mass is 583 g/mol. The maximum Gasteiger partial charge on any atom is 0.446 e. The molecule has 2 aromatic carbocycles. The molecule has 2 aliphatic heterocycles. The second-order valence-electron chi connectivity index (χ2n) is 9.58. The summed E-state index contributed by atoms with van der Waals surface area (Å²) in [4.78, 5) is 15.1. The van der Waals surface area contributed by atoms with E-state index < -0.39 is 17.2 Å². The quantitative estimate of drug-likeness (QED) is 0.243. The van der Waals surface area contributed by atoms with Crippen LogP contribution in [0, 0.1) is 0 Å². The molecule has 2 fully saturated rings. The molecule has 3 aromatic rings. The molecule has 0 atom stereocenters. The van der Waals surface area contributed by atoms with Gasteiger partial charge in [0.1, 0.15) is 18.2 Å². The predicted molar refractivity (Wildman–Crippen MR) is 142 cm³/mol. The van der Waals surface area contributed by atoms with Crippen molar-refractivity contribution in [1.29, 1.82) is 0 Å². The van der Waals surface area contributed by atoms with Crippen LogP contribution in [0.4, 0.5) is 43.5 Å². The lowest BCUT2D eigenvalue weighted by molar-refractivity contribution is -0.137. The van der Waals surface area contributed by atoms with Gasteiger partial charge in [-0.2, -0.15) is 26.3 Å². The van der Waals surface area contributed by atoms with E-state index in [9.17, 15) is 26.3 Å².